The molecule has 260 valence electrons. The Morgan fingerprint density at radius 3 is 1.49 bits per heavy atom. The molecular formula is C53H38N2. The molecular weight excluding hydrogens is 665 g/mol. The second-order valence-corrected chi connectivity index (χ2v) is 14.3. The Labute approximate surface area is 321 Å². The van der Waals surface area contributed by atoms with Crippen LogP contribution in [-0.2, 0) is 0 Å². The smallest absolute Gasteiger partial charge is 0.0547 e. The van der Waals surface area contributed by atoms with Gasteiger partial charge in [0.25, 0.3) is 0 Å². The molecule has 0 aliphatic heterocycles. The first-order valence-electron chi connectivity index (χ1n) is 18.9. The maximum absolute atomic E-state index is 2.40. The number of aromatic nitrogens is 1. The molecule has 10 rings (SSSR count). The van der Waals surface area contributed by atoms with Crippen molar-refractivity contribution in [2.75, 3.05) is 4.90 Å². The molecule has 1 heterocycles. The normalized spacial score (nSPS) is 11.4. The predicted octanol–water partition coefficient (Wildman–Crippen LogP) is 14.7. The van der Waals surface area contributed by atoms with Crippen LogP contribution in [0.5, 0.6) is 0 Å². The molecule has 0 unspecified atom stereocenters. The number of fused-ring (bicyclic) bond motifs is 5. The van der Waals surface area contributed by atoms with Gasteiger partial charge in [0, 0.05) is 33.5 Å². The summed E-state index contributed by atoms with van der Waals surface area (Å²) in [5.74, 6) is 0. The average Bonchev–Trinajstić information content (AvgIpc) is 3.60. The van der Waals surface area contributed by atoms with Gasteiger partial charge in [0.15, 0.2) is 0 Å². The van der Waals surface area contributed by atoms with Crippen molar-refractivity contribution in [2.24, 2.45) is 0 Å². The third kappa shape index (κ3) is 5.85. The minimum absolute atomic E-state index is 1.11. The van der Waals surface area contributed by atoms with Crippen LogP contribution < -0.4 is 4.90 Å². The van der Waals surface area contributed by atoms with E-state index in [1.54, 1.807) is 0 Å². The van der Waals surface area contributed by atoms with Crippen molar-refractivity contribution < 1.29 is 0 Å². The van der Waals surface area contributed by atoms with Crippen molar-refractivity contribution in [3.63, 3.8) is 0 Å². The van der Waals surface area contributed by atoms with Gasteiger partial charge in [-0.1, -0.05) is 157 Å². The summed E-state index contributed by atoms with van der Waals surface area (Å²) < 4.78 is 2.40. The van der Waals surface area contributed by atoms with E-state index in [-0.39, 0.29) is 0 Å². The number of benzene rings is 9. The minimum atomic E-state index is 1.11. The Bertz CT molecular complexity index is 2940. The summed E-state index contributed by atoms with van der Waals surface area (Å²) in [6, 6.07) is 76.9. The van der Waals surface area contributed by atoms with Crippen LogP contribution in [0.3, 0.4) is 0 Å². The van der Waals surface area contributed by atoms with Crippen molar-refractivity contribution in [1.82, 2.24) is 4.57 Å². The molecule has 0 aliphatic rings. The third-order valence-corrected chi connectivity index (χ3v) is 10.9. The monoisotopic (exact) mass is 702 g/mol. The first-order chi connectivity index (χ1) is 27.2. The molecule has 0 saturated carbocycles. The van der Waals surface area contributed by atoms with Gasteiger partial charge >= 0.3 is 0 Å². The summed E-state index contributed by atoms with van der Waals surface area (Å²) in [5.41, 5.74) is 15.4. The molecule has 2 heteroatoms. The zero-order valence-electron chi connectivity index (χ0n) is 30.6. The number of hydrogen-bond acceptors (Lipinski definition) is 1. The SMILES string of the molecule is Cc1ccc(N(c2ccc(-c3ccccc3)cc2)c2ccc(-c3ccccc3-c3ccc(-n4c5ccccc5c5c6ccccc6ccc54)cc3)cc2)cc1. The summed E-state index contributed by atoms with van der Waals surface area (Å²) in [6.07, 6.45) is 0. The molecule has 0 fully saturated rings. The third-order valence-electron chi connectivity index (χ3n) is 10.9. The van der Waals surface area contributed by atoms with Crippen LogP contribution in [0.4, 0.5) is 17.1 Å². The van der Waals surface area contributed by atoms with Crippen molar-refractivity contribution in [3.8, 4) is 39.1 Å². The maximum Gasteiger partial charge on any atom is 0.0547 e. The number of rotatable bonds is 7. The fourth-order valence-electron chi connectivity index (χ4n) is 8.16. The quantitative estimate of drug-likeness (QED) is 0.160. The van der Waals surface area contributed by atoms with E-state index in [0.717, 1.165) is 22.7 Å². The molecule has 2 nitrogen and oxygen atoms in total. The molecule has 0 spiro atoms. The van der Waals surface area contributed by atoms with Gasteiger partial charge in [0.1, 0.15) is 0 Å². The van der Waals surface area contributed by atoms with Gasteiger partial charge < -0.3 is 9.47 Å². The molecule has 0 bridgehead atoms. The first kappa shape index (κ1) is 32.5. The Morgan fingerprint density at radius 1 is 0.345 bits per heavy atom. The minimum Gasteiger partial charge on any atom is -0.311 e. The topological polar surface area (TPSA) is 8.17 Å². The lowest BCUT2D eigenvalue weighted by Gasteiger charge is -2.26. The van der Waals surface area contributed by atoms with Crippen molar-refractivity contribution in [3.05, 3.63) is 218 Å². The zero-order valence-corrected chi connectivity index (χ0v) is 30.6. The van der Waals surface area contributed by atoms with E-state index < -0.39 is 0 Å². The van der Waals surface area contributed by atoms with Gasteiger partial charge in [-0.05, 0) is 112 Å². The summed E-state index contributed by atoms with van der Waals surface area (Å²) >= 11 is 0. The lowest BCUT2D eigenvalue weighted by Crippen LogP contribution is -2.09. The summed E-state index contributed by atoms with van der Waals surface area (Å²) in [4.78, 5) is 2.33. The molecule has 9 aromatic carbocycles. The number of hydrogen-bond donors (Lipinski definition) is 0. The molecule has 0 radical (unpaired) electrons. The highest BCUT2D eigenvalue weighted by molar-refractivity contribution is 6.21. The maximum atomic E-state index is 2.40. The lowest BCUT2D eigenvalue weighted by atomic mass is 9.94. The highest BCUT2D eigenvalue weighted by atomic mass is 15.1. The van der Waals surface area contributed by atoms with Gasteiger partial charge in [-0.2, -0.15) is 0 Å². The molecule has 0 N–H and O–H groups in total. The predicted molar refractivity (Wildman–Crippen MR) is 234 cm³/mol. The summed E-state index contributed by atoms with van der Waals surface area (Å²) in [6.45, 7) is 2.13. The highest BCUT2D eigenvalue weighted by Crippen LogP contribution is 2.40. The Morgan fingerprint density at radius 2 is 0.836 bits per heavy atom. The first-order valence-corrected chi connectivity index (χ1v) is 18.9. The Kier molecular flexibility index (Phi) is 8.08. The molecule has 10 aromatic rings. The lowest BCUT2D eigenvalue weighted by molar-refractivity contribution is 1.18. The fraction of sp³-hybridized carbons (Fsp3) is 0.0189. The van der Waals surface area contributed by atoms with E-state index in [4.69, 9.17) is 0 Å². The van der Waals surface area contributed by atoms with Gasteiger partial charge in [0.05, 0.1) is 11.0 Å². The van der Waals surface area contributed by atoms with Gasteiger partial charge in [-0.3, -0.25) is 0 Å². The standard InChI is InChI=1S/C53H38N2/c1-37-19-28-43(29-20-37)54(44-30-21-39(22-31-44)38-11-3-2-4-12-38)45-32-23-41(24-33-45)47-14-7-8-15-48(47)42-25-34-46(35-26-42)55-51-18-10-9-17-50(51)53-49-16-6-5-13-40(49)27-36-52(53)55/h2-36H,1H3. The van der Waals surface area contributed by atoms with Crippen LogP contribution in [0.2, 0.25) is 0 Å². The average molecular weight is 703 g/mol. The highest BCUT2D eigenvalue weighted by Gasteiger charge is 2.17. The molecule has 0 amide bonds. The second-order valence-electron chi connectivity index (χ2n) is 14.3. The molecule has 1 aromatic heterocycles. The van der Waals surface area contributed by atoms with Crippen LogP contribution in [0, 0.1) is 6.92 Å². The van der Waals surface area contributed by atoms with E-state index in [9.17, 15) is 0 Å². The van der Waals surface area contributed by atoms with Crippen molar-refractivity contribution in [2.45, 2.75) is 6.92 Å². The summed E-state index contributed by atoms with van der Waals surface area (Å²) in [7, 11) is 0. The van der Waals surface area contributed by atoms with Gasteiger partial charge in [-0.15, -0.1) is 0 Å². The second kappa shape index (κ2) is 13.7. The summed E-state index contributed by atoms with van der Waals surface area (Å²) in [5, 5.41) is 5.13. The Hall–Kier alpha value is -7.16. The van der Waals surface area contributed by atoms with E-state index in [2.05, 4.69) is 229 Å². The van der Waals surface area contributed by atoms with Crippen LogP contribution in [-0.4, -0.2) is 4.57 Å². The number of nitrogens with zero attached hydrogens (tertiary/aromatic N) is 2. The van der Waals surface area contributed by atoms with Crippen molar-refractivity contribution >= 4 is 49.6 Å². The van der Waals surface area contributed by atoms with Crippen LogP contribution >= 0.6 is 0 Å². The van der Waals surface area contributed by atoms with Crippen LogP contribution in [0.25, 0.3) is 71.6 Å². The molecule has 0 saturated heterocycles. The number of para-hydroxylation sites is 1. The van der Waals surface area contributed by atoms with Crippen LogP contribution in [0.1, 0.15) is 5.56 Å². The van der Waals surface area contributed by atoms with Crippen LogP contribution in [0.15, 0.2) is 212 Å². The van der Waals surface area contributed by atoms with E-state index in [1.807, 2.05) is 0 Å². The van der Waals surface area contributed by atoms with Gasteiger partial charge in [-0.25, -0.2) is 0 Å². The zero-order chi connectivity index (χ0) is 36.7. The van der Waals surface area contributed by atoms with E-state index >= 15 is 0 Å². The molecule has 0 aliphatic carbocycles. The number of aryl methyl sites for hydroxylation is 1. The molecule has 55 heavy (non-hydrogen) atoms. The number of anilines is 3. The van der Waals surface area contributed by atoms with Crippen molar-refractivity contribution in [1.29, 1.82) is 0 Å². The van der Waals surface area contributed by atoms with Gasteiger partial charge in [0.2, 0.25) is 0 Å². The Balaban J connectivity index is 1.000. The fourth-order valence-corrected chi connectivity index (χ4v) is 8.16. The molecule has 0 atom stereocenters. The largest absolute Gasteiger partial charge is 0.311 e. The van der Waals surface area contributed by atoms with E-state index in [1.165, 1.54) is 71.5 Å². The van der Waals surface area contributed by atoms with E-state index in [0.29, 0.717) is 0 Å².